The van der Waals surface area contributed by atoms with Gasteiger partial charge in [0.25, 0.3) is 0 Å². The molecule has 1 aliphatic carbocycles. The smallest absolute Gasteiger partial charge is 0.159 e. The van der Waals surface area contributed by atoms with E-state index in [9.17, 15) is 0 Å². The Morgan fingerprint density at radius 2 is 2.12 bits per heavy atom. The molecule has 0 amide bonds. The molecule has 4 nitrogen and oxygen atoms in total. The third-order valence-corrected chi connectivity index (χ3v) is 4.01. The van der Waals surface area contributed by atoms with E-state index in [1.165, 1.54) is 5.57 Å². The fourth-order valence-electron chi connectivity index (χ4n) is 2.62. The number of nitrogens with two attached hydrogens (primary N) is 1. The van der Waals surface area contributed by atoms with Gasteiger partial charge in [-0.3, -0.25) is 0 Å². The lowest BCUT2D eigenvalue weighted by Crippen LogP contribution is -2.32. The van der Waals surface area contributed by atoms with Crippen LogP contribution in [-0.2, 0) is 9.47 Å². The number of benzene rings is 1. The van der Waals surface area contributed by atoms with Crippen LogP contribution in [0.1, 0.15) is 24.8 Å². The highest BCUT2D eigenvalue weighted by atomic mass is 16.5. The van der Waals surface area contributed by atoms with E-state index in [2.05, 4.69) is 18.2 Å². The highest BCUT2D eigenvalue weighted by Crippen LogP contribution is 2.25. The number of ether oxygens (including phenoxy) is 3. The normalized spacial score (nSPS) is 17.8. The lowest BCUT2D eigenvalue weighted by atomic mass is 10.0. The summed E-state index contributed by atoms with van der Waals surface area (Å²) in [7, 11) is 0. The van der Waals surface area contributed by atoms with Crippen LogP contribution in [0.25, 0.3) is 0 Å². The van der Waals surface area contributed by atoms with Crippen molar-refractivity contribution in [3.05, 3.63) is 77.7 Å². The molecule has 0 saturated carbocycles. The molecule has 24 heavy (non-hydrogen) atoms. The molecule has 1 unspecified atom stereocenters. The summed E-state index contributed by atoms with van der Waals surface area (Å²) < 4.78 is 17.1. The van der Waals surface area contributed by atoms with E-state index >= 15 is 0 Å². The van der Waals surface area contributed by atoms with Gasteiger partial charge in [-0.15, -0.1) is 0 Å². The molecule has 1 aromatic carbocycles. The average Bonchev–Trinajstić information content (AvgIpc) is 2.62. The molecule has 0 fully saturated rings. The third kappa shape index (κ3) is 4.30. The molecule has 1 atom stereocenters. The van der Waals surface area contributed by atoms with Crippen molar-refractivity contribution in [3.8, 4) is 5.75 Å². The first-order chi connectivity index (χ1) is 11.7. The van der Waals surface area contributed by atoms with Gasteiger partial charge in [0.1, 0.15) is 36.7 Å². The molecule has 126 valence electrons. The fourth-order valence-corrected chi connectivity index (χ4v) is 2.62. The molecule has 0 spiro atoms. The largest absolute Gasteiger partial charge is 0.491 e. The number of hydrogen-bond acceptors (Lipinski definition) is 4. The molecule has 4 heteroatoms. The molecule has 3 rings (SSSR count). The lowest BCUT2D eigenvalue weighted by molar-refractivity contribution is 0.179. The number of hydrogen-bond donors (Lipinski definition) is 1. The van der Waals surface area contributed by atoms with Gasteiger partial charge < -0.3 is 19.9 Å². The summed E-state index contributed by atoms with van der Waals surface area (Å²) in [5.74, 6) is 2.20. The van der Waals surface area contributed by atoms with Crippen LogP contribution in [0, 0.1) is 6.92 Å². The van der Waals surface area contributed by atoms with Gasteiger partial charge in [-0.25, -0.2) is 0 Å². The Hall–Kier alpha value is -2.46. The Morgan fingerprint density at radius 1 is 1.25 bits per heavy atom. The molecule has 1 heterocycles. The summed E-state index contributed by atoms with van der Waals surface area (Å²) in [6.07, 6.45) is 12.4. The summed E-state index contributed by atoms with van der Waals surface area (Å²) in [5.41, 5.74) is 8.60. The first-order valence-electron chi connectivity index (χ1n) is 8.23. The number of allylic oxidation sites excluding steroid dienone is 4. The van der Waals surface area contributed by atoms with Crippen molar-refractivity contribution < 1.29 is 14.2 Å². The predicted molar refractivity (Wildman–Crippen MR) is 94.1 cm³/mol. The van der Waals surface area contributed by atoms with Crippen molar-refractivity contribution in [1.82, 2.24) is 0 Å². The van der Waals surface area contributed by atoms with Crippen LogP contribution in [0.4, 0.5) is 0 Å². The molecule has 0 radical (unpaired) electrons. The monoisotopic (exact) mass is 325 g/mol. The highest BCUT2D eigenvalue weighted by Gasteiger charge is 2.19. The Labute approximate surface area is 142 Å². The van der Waals surface area contributed by atoms with E-state index in [0.717, 1.165) is 36.3 Å². The van der Waals surface area contributed by atoms with Crippen molar-refractivity contribution in [2.45, 2.75) is 32.2 Å². The van der Waals surface area contributed by atoms with E-state index < -0.39 is 0 Å². The van der Waals surface area contributed by atoms with Crippen molar-refractivity contribution in [2.24, 2.45) is 5.73 Å². The van der Waals surface area contributed by atoms with E-state index in [1.807, 2.05) is 31.2 Å². The summed E-state index contributed by atoms with van der Waals surface area (Å²) in [6, 6.07) is 7.49. The van der Waals surface area contributed by atoms with Crippen LogP contribution in [0.5, 0.6) is 5.75 Å². The van der Waals surface area contributed by atoms with Crippen molar-refractivity contribution in [1.29, 1.82) is 0 Å². The first kappa shape index (κ1) is 16.4. The molecule has 1 aromatic rings. The summed E-state index contributed by atoms with van der Waals surface area (Å²) in [5, 5.41) is 0. The van der Waals surface area contributed by atoms with Crippen LogP contribution in [0.3, 0.4) is 0 Å². The summed E-state index contributed by atoms with van der Waals surface area (Å²) in [6.45, 7) is 2.34. The maximum absolute atomic E-state index is 6.19. The zero-order valence-electron chi connectivity index (χ0n) is 13.9. The Kier molecular flexibility index (Phi) is 5.39. The second-order valence-electron chi connectivity index (χ2n) is 5.99. The van der Waals surface area contributed by atoms with Gasteiger partial charge in [0.05, 0.1) is 0 Å². The topological polar surface area (TPSA) is 53.7 Å². The summed E-state index contributed by atoms with van der Waals surface area (Å²) >= 11 is 0. The van der Waals surface area contributed by atoms with Gasteiger partial charge in [0, 0.05) is 6.42 Å². The van der Waals surface area contributed by atoms with Gasteiger partial charge in [0.15, 0.2) is 5.76 Å². The number of rotatable bonds is 6. The first-order valence-corrected chi connectivity index (χ1v) is 8.23. The quantitative estimate of drug-likeness (QED) is 0.855. The van der Waals surface area contributed by atoms with Crippen molar-refractivity contribution in [3.63, 3.8) is 0 Å². The minimum Gasteiger partial charge on any atom is -0.491 e. The second kappa shape index (κ2) is 7.88. The van der Waals surface area contributed by atoms with Crippen LogP contribution >= 0.6 is 0 Å². The van der Waals surface area contributed by atoms with E-state index in [4.69, 9.17) is 19.9 Å². The molecular weight excluding hydrogens is 302 g/mol. The maximum atomic E-state index is 6.19. The minimum atomic E-state index is -0.381. The van der Waals surface area contributed by atoms with Crippen LogP contribution < -0.4 is 10.5 Å². The number of para-hydroxylation sites is 1. The predicted octanol–water partition coefficient (Wildman–Crippen LogP) is 4.10. The average molecular weight is 325 g/mol. The molecule has 0 aromatic heterocycles. The SMILES string of the molecule is Cc1ccccc1OCC(N)C1=COC=C(CC2=CC=CCC2)O1. The van der Waals surface area contributed by atoms with Gasteiger partial charge in [-0.2, -0.15) is 0 Å². The highest BCUT2D eigenvalue weighted by molar-refractivity contribution is 5.32. The molecule has 0 saturated heterocycles. The Balaban J connectivity index is 1.53. The van der Waals surface area contributed by atoms with Gasteiger partial charge in [-0.1, -0.05) is 42.0 Å². The van der Waals surface area contributed by atoms with Gasteiger partial charge >= 0.3 is 0 Å². The van der Waals surface area contributed by atoms with Gasteiger partial charge in [0.2, 0.25) is 0 Å². The molecule has 2 aliphatic rings. The van der Waals surface area contributed by atoms with Crippen LogP contribution in [-0.4, -0.2) is 12.6 Å². The number of aryl methyl sites for hydroxylation is 1. The second-order valence-corrected chi connectivity index (χ2v) is 5.99. The Bertz CT molecular complexity index is 701. The van der Waals surface area contributed by atoms with Crippen molar-refractivity contribution >= 4 is 0 Å². The molecular formula is C20H23NO3. The van der Waals surface area contributed by atoms with E-state index in [0.29, 0.717) is 12.4 Å². The molecule has 2 N–H and O–H groups in total. The maximum Gasteiger partial charge on any atom is 0.159 e. The molecule has 1 aliphatic heterocycles. The lowest BCUT2D eigenvalue weighted by Gasteiger charge is -2.22. The van der Waals surface area contributed by atoms with Gasteiger partial charge in [-0.05, 0) is 31.4 Å². The third-order valence-electron chi connectivity index (χ3n) is 4.01. The summed E-state index contributed by atoms with van der Waals surface area (Å²) in [4.78, 5) is 0. The Morgan fingerprint density at radius 3 is 2.92 bits per heavy atom. The van der Waals surface area contributed by atoms with Crippen LogP contribution in [0.2, 0.25) is 0 Å². The van der Waals surface area contributed by atoms with E-state index in [-0.39, 0.29) is 6.04 Å². The van der Waals surface area contributed by atoms with Crippen LogP contribution in [0.15, 0.2) is 72.1 Å². The van der Waals surface area contributed by atoms with Crippen molar-refractivity contribution in [2.75, 3.05) is 6.61 Å². The fraction of sp³-hybridized carbons (Fsp3) is 0.300. The molecule has 0 bridgehead atoms. The zero-order valence-corrected chi connectivity index (χ0v) is 13.9. The minimum absolute atomic E-state index is 0.332. The standard InChI is InChI=1S/C20H23NO3/c1-15-7-5-6-10-19(15)23-13-18(21)20-14-22-12-17(24-20)11-16-8-3-2-4-9-16/h2-3,5-8,10,12,14,18H,4,9,11,13,21H2,1H3. The zero-order chi connectivity index (χ0) is 16.8. The van der Waals surface area contributed by atoms with E-state index in [1.54, 1.807) is 12.5 Å².